The molecule has 2 heteroatoms. The van der Waals surface area contributed by atoms with Crippen molar-refractivity contribution in [3.05, 3.63) is 137 Å². The molecule has 1 heterocycles. The topological polar surface area (TPSA) is 3.24 Å². The monoisotopic (exact) mass is 781 g/mol. The molecule has 6 aliphatic carbocycles. The van der Waals surface area contributed by atoms with Crippen molar-refractivity contribution in [2.75, 3.05) is 4.90 Å². The molecule has 1 spiro atoms. The van der Waals surface area contributed by atoms with Crippen LogP contribution < -0.4 is 4.90 Å². The Balaban J connectivity index is 1.01. The van der Waals surface area contributed by atoms with Crippen molar-refractivity contribution in [2.45, 2.75) is 150 Å². The maximum atomic E-state index is 2.57. The summed E-state index contributed by atoms with van der Waals surface area (Å²) in [6.07, 6.45) is 12.0. The second kappa shape index (κ2) is 12.6. The molecule has 4 fully saturated rings. The van der Waals surface area contributed by atoms with Crippen LogP contribution in [0.2, 0.25) is 0 Å². The van der Waals surface area contributed by atoms with E-state index in [9.17, 15) is 0 Å². The summed E-state index contributed by atoms with van der Waals surface area (Å²) < 4.78 is 0. The van der Waals surface area contributed by atoms with E-state index in [1.54, 1.807) is 11.1 Å². The van der Waals surface area contributed by atoms with Crippen molar-refractivity contribution in [3.63, 3.8) is 0 Å². The predicted octanol–water partition coefficient (Wildman–Crippen LogP) is 15.7. The first-order valence-electron chi connectivity index (χ1n) is 22.8. The molecule has 5 aromatic carbocycles. The molecule has 298 valence electrons. The Morgan fingerprint density at radius 3 is 1.41 bits per heavy atom. The second-order valence-corrected chi connectivity index (χ2v) is 23.4. The van der Waals surface area contributed by atoms with E-state index in [0.717, 1.165) is 23.7 Å². The summed E-state index contributed by atoms with van der Waals surface area (Å²) in [4.78, 5) is 5.54. The van der Waals surface area contributed by atoms with Crippen molar-refractivity contribution < 1.29 is 0 Å². The molecule has 1 aliphatic heterocycles. The third kappa shape index (κ3) is 5.48. The van der Waals surface area contributed by atoms with E-state index >= 15 is 0 Å². The maximum absolute atomic E-state index is 2.57. The van der Waals surface area contributed by atoms with Gasteiger partial charge in [-0.15, -0.1) is 0 Å². The van der Waals surface area contributed by atoms with Gasteiger partial charge in [-0.1, -0.05) is 122 Å². The van der Waals surface area contributed by atoms with E-state index in [0.29, 0.717) is 0 Å². The number of rotatable bonds is 4. The van der Waals surface area contributed by atoms with Crippen LogP contribution in [0.25, 0.3) is 11.1 Å². The summed E-state index contributed by atoms with van der Waals surface area (Å²) in [5, 5.41) is 0. The van der Waals surface area contributed by atoms with Gasteiger partial charge in [-0.3, -0.25) is 0 Å². The number of hydrogen-bond acceptors (Lipinski definition) is 2. The fraction of sp³-hybridized carbons (Fsp3) is 0.464. The van der Waals surface area contributed by atoms with Crippen LogP contribution in [-0.2, 0) is 27.1 Å². The molecule has 4 saturated carbocycles. The molecule has 0 aromatic heterocycles. The lowest BCUT2D eigenvalue weighted by Gasteiger charge is -2.63. The summed E-state index contributed by atoms with van der Waals surface area (Å²) in [6, 6.07) is 41.4. The fourth-order valence-corrected chi connectivity index (χ4v) is 15.0. The Labute approximate surface area is 353 Å². The number of fused-ring (bicyclic) bond motifs is 4. The SMILES string of the molecule is CC1(C)CCC(C)(C)c2cc(N(c3ccc(-c4ccc5c(c4)Sc4ccccc4C54C5CC6CC(C5)CC4C6)cc3)c3ccc4c(c3)C(C)(C)CCC4(C)C)ccc21. The number of anilines is 3. The van der Waals surface area contributed by atoms with Gasteiger partial charge in [0.25, 0.3) is 0 Å². The molecule has 0 unspecified atom stereocenters. The van der Waals surface area contributed by atoms with Gasteiger partial charge >= 0.3 is 0 Å². The zero-order chi connectivity index (χ0) is 40.0. The molecule has 4 bridgehead atoms. The van der Waals surface area contributed by atoms with Crippen LogP contribution in [0.15, 0.2) is 113 Å². The van der Waals surface area contributed by atoms with Gasteiger partial charge in [-0.05, 0) is 196 Å². The average Bonchev–Trinajstić information content (AvgIpc) is 3.20. The van der Waals surface area contributed by atoms with Gasteiger partial charge in [0.2, 0.25) is 0 Å². The van der Waals surface area contributed by atoms with Crippen molar-refractivity contribution in [3.8, 4) is 11.1 Å². The Bertz CT molecular complexity index is 2350. The highest BCUT2D eigenvalue weighted by atomic mass is 32.2. The predicted molar refractivity (Wildman–Crippen MR) is 246 cm³/mol. The minimum absolute atomic E-state index is 0.137. The van der Waals surface area contributed by atoms with Crippen LogP contribution >= 0.6 is 11.8 Å². The molecule has 5 aromatic rings. The van der Waals surface area contributed by atoms with Crippen molar-refractivity contribution >= 4 is 28.8 Å². The molecule has 0 radical (unpaired) electrons. The smallest absolute Gasteiger partial charge is 0.0464 e. The lowest BCUT2D eigenvalue weighted by Crippen LogP contribution is -2.57. The lowest BCUT2D eigenvalue weighted by atomic mass is 9.42. The van der Waals surface area contributed by atoms with Crippen molar-refractivity contribution in [1.29, 1.82) is 0 Å². The molecule has 0 amide bonds. The number of hydrogen-bond donors (Lipinski definition) is 0. The zero-order valence-corrected chi connectivity index (χ0v) is 37.2. The van der Waals surface area contributed by atoms with Gasteiger partial charge in [0.1, 0.15) is 0 Å². The van der Waals surface area contributed by atoms with E-state index in [2.05, 4.69) is 163 Å². The molecule has 1 nitrogen and oxygen atoms in total. The quantitative estimate of drug-likeness (QED) is 0.179. The molecule has 58 heavy (non-hydrogen) atoms. The van der Waals surface area contributed by atoms with Crippen LogP contribution in [0, 0.1) is 23.7 Å². The van der Waals surface area contributed by atoms with Crippen LogP contribution in [0.1, 0.15) is 147 Å². The second-order valence-electron chi connectivity index (χ2n) is 22.4. The molecule has 0 atom stereocenters. The first-order chi connectivity index (χ1) is 27.6. The highest BCUT2D eigenvalue weighted by molar-refractivity contribution is 7.99. The maximum Gasteiger partial charge on any atom is 0.0464 e. The highest BCUT2D eigenvalue weighted by Gasteiger charge is 2.60. The van der Waals surface area contributed by atoms with Gasteiger partial charge in [0, 0.05) is 32.3 Å². The highest BCUT2D eigenvalue weighted by Crippen LogP contribution is 2.69. The van der Waals surface area contributed by atoms with Gasteiger partial charge < -0.3 is 4.90 Å². The Morgan fingerprint density at radius 1 is 0.414 bits per heavy atom. The van der Waals surface area contributed by atoms with Gasteiger partial charge in [0.05, 0.1) is 0 Å². The summed E-state index contributed by atoms with van der Waals surface area (Å²) >= 11 is 2.03. The van der Waals surface area contributed by atoms with Crippen molar-refractivity contribution in [1.82, 2.24) is 0 Å². The van der Waals surface area contributed by atoms with Gasteiger partial charge in [-0.25, -0.2) is 0 Å². The van der Waals surface area contributed by atoms with Gasteiger partial charge in [-0.2, -0.15) is 0 Å². The molecule has 0 saturated heterocycles. The molecular formula is C56H63NS. The Morgan fingerprint density at radius 2 is 0.862 bits per heavy atom. The van der Waals surface area contributed by atoms with Crippen molar-refractivity contribution in [2.24, 2.45) is 23.7 Å². The van der Waals surface area contributed by atoms with Gasteiger partial charge in [0.15, 0.2) is 0 Å². The fourth-order valence-electron chi connectivity index (χ4n) is 13.8. The zero-order valence-electron chi connectivity index (χ0n) is 36.3. The molecule has 7 aliphatic rings. The Hall–Kier alpha value is -3.75. The first-order valence-corrected chi connectivity index (χ1v) is 23.6. The third-order valence-electron chi connectivity index (χ3n) is 17.1. The minimum Gasteiger partial charge on any atom is -0.310 e. The third-order valence-corrected chi connectivity index (χ3v) is 18.2. The molecule has 12 rings (SSSR count). The van der Waals surface area contributed by atoms with E-state index in [1.165, 1.54) is 118 Å². The summed E-state index contributed by atoms with van der Waals surface area (Å²) in [6.45, 7) is 19.6. The lowest BCUT2D eigenvalue weighted by molar-refractivity contribution is -0.0443. The Kier molecular flexibility index (Phi) is 8.12. The van der Waals surface area contributed by atoms with E-state index < -0.39 is 0 Å². The van der Waals surface area contributed by atoms with Crippen LogP contribution in [-0.4, -0.2) is 0 Å². The largest absolute Gasteiger partial charge is 0.310 e. The van der Waals surface area contributed by atoms with E-state index in [1.807, 2.05) is 11.8 Å². The van der Waals surface area contributed by atoms with E-state index in [4.69, 9.17) is 0 Å². The van der Waals surface area contributed by atoms with Crippen LogP contribution in [0.5, 0.6) is 0 Å². The normalized spacial score (nSPS) is 28.6. The average molecular weight is 782 g/mol. The minimum atomic E-state index is 0.137. The van der Waals surface area contributed by atoms with E-state index in [-0.39, 0.29) is 27.1 Å². The molecular weight excluding hydrogens is 719 g/mol. The summed E-state index contributed by atoms with van der Waals surface area (Å²) in [5.74, 6) is 3.46. The number of benzene rings is 5. The van der Waals surface area contributed by atoms with Crippen LogP contribution in [0.4, 0.5) is 17.1 Å². The first kappa shape index (κ1) is 37.3. The molecule has 0 N–H and O–H groups in total. The summed E-state index contributed by atoms with van der Waals surface area (Å²) in [5.41, 5.74) is 16.5. The van der Waals surface area contributed by atoms with Crippen LogP contribution in [0.3, 0.4) is 0 Å². The standard InChI is InChI=1S/C56H63NS/c1-52(2)23-25-54(5,6)48-33-42(18-21-44(48)52)57(43-19-22-45-49(34-43)55(7,8)26-24-53(45,3)4)41-16-13-37(14-17-41)38-15-20-47-51(32-38)58-50-12-10-9-11-46(50)56(47)39-28-35-27-36(30-39)31-40(56)29-35/h9-22,32-36,39-40H,23-31H2,1-8H3. The number of nitrogens with zero attached hydrogens (tertiary/aromatic N) is 1. The summed E-state index contributed by atoms with van der Waals surface area (Å²) in [7, 11) is 0.